The second-order valence-corrected chi connectivity index (χ2v) is 5.40. The number of amides is 3. The first-order chi connectivity index (χ1) is 12.7. The lowest BCUT2D eigenvalue weighted by Gasteiger charge is -2.06. The second kappa shape index (κ2) is 8.47. The van der Waals surface area contributed by atoms with Gasteiger partial charge in [-0.2, -0.15) is 0 Å². The van der Waals surface area contributed by atoms with Crippen molar-refractivity contribution in [3.63, 3.8) is 0 Å². The fraction of sp³-hybridized carbons (Fsp3) is 0.176. The van der Waals surface area contributed by atoms with Crippen LogP contribution in [0.1, 0.15) is 16.1 Å². The zero-order valence-electron chi connectivity index (χ0n) is 13.9. The molecule has 0 atom stereocenters. The van der Waals surface area contributed by atoms with Crippen LogP contribution in [0.4, 0.5) is 10.6 Å². The number of hydrogen-bond acceptors (Lipinski definition) is 5. The minimum atomic E-state index is -0.427. The molecule has 0 saturated heterocycles. The van der Waals surface area contributed by atoms with Crippen LogP contribution in [0.25, 0.3) is 0 Å². The van der Waals surface area contributed by atoms with Gasteiger partial charge >= 0.3 is 6.03 Å². The van der Waals surface area contributed by atoms with Crippen LogP contribution in [0.5, 0.6) is 0 Å². The third-order valence-corrected chi connectivity index (χ3v) is 3.41. The number of urea groups is 1. The Labute approximate surface area is 149 Å². The molecule has 134 valence electrons. The Morgan fingerprint density at radius 3 is 2.62 bits per heavy atom. The van der Waals surface area contributed by atoms with Gasteiger partial charge in [-0.05, 0) is 17.7 Å². The van der Waals surface area contributed by atoms with Gasteiger partial charge in [0.15, 0.2) is 11.6 Å². The number of hydrogen-bond donors (Lipinski definition) is 3. The van der Waals surface area contributed by atoms with E-state index < -0.39 is 6.03 Å². The molecule has 3 amide bonds. The Balaban J connectivity index is 1.38. The van der Waals surface area contributed by atoms with Crippen LogP contribution in [0, 0.1) is 0 Å². The van der Waals surface area contributed by atoms with Gasteiger partial charge in [-0.15, -0.1) is 5.10 Å². The highest BCUT2D eigenvalue weighted by Crippen LogP contribution is 2.04. The minimum absolute atomic E-state index is 0.226. The van der Waals surface area contributed by atoms with Crippen LogP contribution in [0.2, 0.25) is 0 Å². The van der Waals surface area contributed by atoms with Crippen LogP contribution >= 0.6 is 0 Å². The number of nitrogens with zero attached hydrogens (tertiary/aromatic N) is 3. The topological polar surface area (TPSA) is 114 Å². The zero-order chi connectivity index (χ0) is 18.2. The Bertz CT molecular complexity index is 845. The summed E-state index contributed by atoms with van der Waals surface area (Å²) in [7, 11) is 0. The highest BCUT2D eigenvalue weighted by molar-refractivity contribution is 5.91. The fourth-order valence-electron chi connectivity index (χ4n) is 2.21. The van der Waals surface area contributed by atoms with Gasteiger partial charge in [0.2, 0.25) is 0 Å². The van der Waals surface area contributed by atoms with E-state index in [9.17, 15) is 9.59 Å². The minimum Gasteiger partial charge on any atom is -0.459 e. The van der Waals surface area contributed by atoms with Crippen molar-refractivity contribution in [1.29, 1.82) is 0 Å². The molecule has 3 rings (SSSR count). The average molecular weight is 354 g/mol. The Morgan fingerprint density at radius 2 is 1.85 bits per heavy atom. The molecule has 0 fully saturated rings. The number of carbonyl (C=O) groups is 2. The van der Waals surface area contributed by atoms with Gasteiger partial charge in [0.1, 0.15) is 0 Å². The highest BCUT2D eigenvalue weighted by atomic mass is 16.3. The van der Waals surface area contributed by atoms with Crippen molar-refractivity contribution >= 4 is 17.8 Å². The molecule has 0 aliphatic heterocycles. The number of carbonyl (C=O) groups excluding carboxylic acids is 2. The summed E-state index contributed by atoms with van der Waals surface area (Å²) >= 11 is 0. The average Bonchev–Trinajstić information content (AvgIpc) is 3.32. The van der Waals surface area contributed by atoms with Gasteiger partial charge in [-0.1, -0.05) is 35.5 Å². The quantitative estimate of drug-likeness (QED) is 0.556. The maximum atomic E-state index is 11.8. The molecule has 0 saturated carbocycles. The third-order valence-electron chi connectivity index (χ3n) is 3.41. The largest absolute Gasteiger partial charge is 0.459 e. The van der Waals surface area contributed by atoms with Gasteiger partial charge in [-0.25, -0.2) is 9.48 Å². The van der Waals surface area contributed by atoms with Crippen molar-refractivity contribution in [2.75, 3.05) is 18.4 Å². The number of furan rings is 1. The van der Waals surface area contributed by atoms with Crippen molar-refractivity contribution in [2.45, 2.75) is 6.54 Å². The Hall–Kier alpha value is -3.62. The maximum absolute atomic E-state index is 11.8. The molecule has 0 unspecified atom stereocenters. The number of anilines is 1. The van der Waals surface area contributed by atoms with E-state index in [1.807, 2.05) is 30.3 Å². The molecule has 9 nitrogen and oxygen atoms in total. The van der Waals surface area contributed by atoms with Crippen molar-refractivity contribution in [1.82, 2.24) is 25.6 Å². The van der Waals surface area contributed by atoms with E-state index in [-0.39, 0.29) is 24.8 Å². The second-order valence-electron chi connectivity index (χ2n) is 5.40. The van der Waals surface area contributed by atoms with Gasteiger partial charge in [0.25, 0.3) is 5.91 Å². The third kappa shape index (κ3) is 4.94. The SMILES string of the molecule is O=C(NCCNC(=O)c1ccco1)Nc1cn(Cc2ccccc2)nn1. The lowest BCUT2D eigenvalue weighted by molar-refractivity contribution is 0.0926. The number of aromatic nitrogens is 3. The molecule has 0 spiro atoms. The first kappa shape index (κ1) is 17.2. The molecule has 2 heterocycles. The molecular formula is C17H18N6O3. The molecule has 0 radical (unpaired) electrons. The standard InChI is InChI=1S/C17H18N6O3/c24-16(14-7-4-10-26-14)18-8-9-19-17(25)20-15-12-23(22-21-15)11-13-5-2-1-3-6-13/h1-7,10,12H,8-9,11H2,(H,18,24)(H2,19,20,25). The van der Waals surface area contributed by atoms with E-state index in [4.69, 9.17) is 4.42 Å². The highest BCUT2D eigenvalue weighted by Gasteiger charge is 2.08. The predicted molar refractivity (Wildman–Crippen MR) is 93.6 cm³/mol. The lowest BCUT2D eigenvalue weighted by atomic mass is 10.2. The first-order valence-corrected chi connectivity index (χ1v) is 8.01. The molecular weight excluding hydrogens is 336 g/mol. The van der Waals surface area contributed by atoms with E-state index in [1.54, 1.807) is 23.0 Å². The van der Waals surface area contributed by atoms with E-state index >= 15 is 0 Å². The van der Waals surface area contributed by atoms with Gasteiger partial charge in [-0.3, -0.25) is 10.1 Å². The predicted octanol–water partition coefficient (Wildman–Crippen LogP) is 1.47. The molecule has 3 aromatic rings. The molecule has 0 aliphatic rings. The summed E-state index contributed by atoms with van der Waals surface area (Å²) in [5.74, 6) is 0.239. The number of benzene rings is 1. The van der Waals surface area contributed by atoms with Crippen molar-refractivity contribution in [2.24, 2.45) is 0 Å². The zero-order valence-corrected chi connectivity index (χ0v) is 13.9. The van der Waals surface area contributed by atoms with Crippen LogP contribution in [0.15, 0.2) is 59.3 Å². The summed E-state index contributed by atoms with van der Waals surface area (Å²) in [5.41, 5.74) is 1.08. The fourth-order valence-corrected chi connectivity index (χ4v) is 2.21. The Kier molecular flexibility index (Phi) is 5.61. The molecule has 0 aliphatic carbocycles. The molecule has 2 aromatic heterocycles. The number of nitrogens with one attached hydrogen (secondary N) is 3. The molecule has 1 aromatic carbocycles. The summed E-state index contributed by atoms with van der Waals surface area (Å²) in [5, 5.41) is 15.7. The van der Waals surface area contributed by atoms with E-state index in [0.29, 0.717) is 12.4 Å². The maximum Gasteiger partial charge on any atom is 0.320 e. The summed E-state index contributed by atoms with van der Waals surface area (Å²) in [4.78, 5) is 23.5. The van der Waals surface area contributed by atoms with Crippen molar-refractivity contribution < 1.29 is 14.0 Å². The molecule has 9 heteroatoms. The Morgan fingerprint density at radius 1 is 1.04 bits per heavy atom. The van der Waals surface area contributed by atoms with Gasteiger partial charge in [0, 0.05) is 13.1 Å². The van der Waals surface area contributed by atoms with E-state index in [2.05, 4.69) is 26.3 Å². The van der Waals surface area contributed by atoms with Crippen molar-refractivity contribution in [3.8, 4) is 0 Å². The summed E-state index contributed by atoms with van der Waals surface area (Å²) in [6.07, 6.45) is 3.07. The van der Waals surface area contributed by atoms with Crippen LogP contribution in [-0.2, 0) is 6.54 Å². The first-order valence-electron chi connectivity index (χ1n) is 8.01. The van der Waals surface area contributed by atoms with Gasteiger partial charge in [0.05, 0.1) is 19.0 Å². The number of rotatable bonds is 7. The lowest BCUT2D eigenvalue weighted by Crippen LogP contribution is -2.36. The van der Waals surface area contributed by atoms with Crippen LogP contribution in [-0.4, -0.2) is 40.0 Å². The summed E-state index contributed by atoms with van der Waals surface area (Å²) in [6, 6.07) is 12.6. The van der Waals surface area contributed by atoms with E-state index in [1.165, 1.54) is 6.26 Å². The van der Waals surface area contributed by atoms with Crippen LogP contribution in [0.3, 0.4) is 0 Å². The molecule has 26 heavy (non-hydrogen) atoms. The molecule has 3 N–H and O–H groups in total. The molecule has 0 bridgehead atoms. The summed E-state index contributed by atoms with van der Waals surface area (Å²) < 4.78 is 6.60. The summed E-state index contributed by atoms with van der Waals surface area (Å²) in [6.45, 7) is 1.10. The van der Waals surface area contributed by atoms with Gasteiger partial charge < -0.3 is 15.1 Å². The van der Waals surface area contributed by atoms with Crippen molar-refractivity contribution in [3.05, 3.63) is 66.2 Å². The monoisotopic (exact) mass is 354 g/mol. The van der Waals surface area contributed by atoms with Crippen LogP contribution < -0.4 is 16.0 Å². The smallest absolute Gasteiger partial charge is 0.320 e. The van der Waals surface area contributed by atoms with E-state index in [0.717, 1.165) is 5.56 Å². The normalized spacial score (nSPS) is 10.3.